The van der Waals surface area contributed by atoms with Crippen LogP contribution in [0.2, 0.25) is 0 Å². The molecule has 0 unspecified atom stereocenters. The maximum Gasteiger partial charge on any atom is 0.414 e. The molecule has 1 aliphatic heterocycles. The predicted octanol–water partition coefficient (Wildman–Crippen LogP) is 1.45. The van der Waals surface area contributed by atoms with Crippen LogP contribution in [0.25, 0.3) is 0 Å². The van der Waals surface area contributed by atoms with Gasteiger partial charge in [0.1, 0.15) is 5.60 Å². The Hall–Kier alpha value is -2.32. The van der Waals surface area contributed by atoms with Crippen molar-refractivity contribution >= 4 is 24.0 Å². The molecule has 1 saturated heterocycles. The molecule has 9 nitrogen and oxygen atoms in total. The normalized spacial score (nSPS) is 16.4. The molecule has 2 rings (SSSR count). The number of carbonyl (C=O) groups is 2. The minimum Gasteiger partial charge on any atom is -0.481 e. The molecule has 9 heteroatoms. The Morgan fingerprint density at radius 2 is 2.00 bits per heavy atom. The van der Waals surface area contributed by atoms with Gasteiger partial charge in [0.25, 0.3) is 0 Å². The average Bonchev–Trinajstić information content (AvgIpc) is 2.85. The molecular weight excluding hydrogens is 290 g/mol. The van der Waals surface area contributed by atoms with Gasteiger partial charge in [-0.2, -0.15) is 4.98 Å². The fourth-order valence-electron chi connectivity index (χ4n) is 2.18. The quantitative estimate of drug-likeness (QED) is 0.772. The highest BCUT2D eigenvalue weighted by atomic mass is 16.6. The lowest BCUT2D eigenvalue weighted by atomic mass is 9.97. The molecule has 1 fully saturated rings. The SMILES string of the molecule is CC(C)(C)OC(=O)Nc1nc(N2CCC(C(=O)O)CC2)n[nH]1. The van der Waals surface area contributed by atoms with E-state index < -0.39 is 17.7 Å². The lowest BCUT2D eigenvalue weighted by molar-refractivity contribution is -0.142. The van der Waals surface area contributed by atoms with Crippen LogP contribution < -0.4 is 10.2 Å². The van der Waals surface area contributed by atoms with Crippen molar-refractivity contribution in [3.05, 3.63) is 0 Å². The zero-order chi connectivity index (χ0) is 16.3. The number of aromatic amines is 1. The molecule has 0 spiro atoms. The standard InChI is InChI=1S/C13H21N5O4/c1-13(2,3)22-12(21)15-10-14-11(17-16-10)18-6-4-8(5-7-18)9(19)20/h8H,4-7H2,1-3H3,(H,19,20)(H2,14,15,16,17,21). The van der Waals surface area contributed by atoms with E-state index in [1.54, 1.807) is 20.8 Å². The van der Waals surface area contributed by atoms with Crippen LogP contribution in [0.4, 0.5) is 16.7 Å². The molecule has 2 heterocycles. The Kier molecular flexibility index (Phi) is 4.53. The Morgan fingerprint density at radius 3 is 2.55 bits per heavy atom. The van der Waals surface area contributed by atoms with Crippen molar-refractivity contribution in [1.29, 1.82) is 0 Å². The number of rotatable bonds is 3. The van der Waals surface area contributed by atoms with Crippen LogP contribution in [0.3, 0.4) is 0 Å². The summed E-state index contributed by atoms with van der Waals surface area (Å²) >= 11 is 0. The van der Waals surface area contributed by atoms with E-state index in [1.807, 2.05) is 4.90 Å². The first kappa shape index (κ1) is 16.1. The summed E-state index contributed by atoms with van der Waals surface area (Å²) in [6, 6.07) is 0. The zero-order valence-corrected chi connectivity index (χ0v) is 12.9. The van der Waals surface area contributed by atoms with E-state index >= 15 is 0 Å². The van der Waals surface area contributed by atoms with Crippen LogP contribution in [0.1, 0.15) is 33.6 Å². The first-order chi connectivity index (χ1) is 10.2. The number of ether oxygens (including phenoxy) is 1. The number of aliphatic carboxylic acids is 1. The summed E-state index contributed by atoms with van der Waals surface area (Å²) in [5.74, 6) is -0.434. The van der Waals surface area contributed by atoms with Crippen molar-refractivity contribution in [2.24, 2.45) is 5.92 Å². The minimum absolute atomic E-state index is 0.199. The zero-order valence-electron chi connectivity index (χ0n) is 12.9. The number of carboxylic acid groups (broad SMARTS) is 1. The Labute approximate surface area is 128 Å². The highest BCUT2D eigenvalue weighted by Gasteiger charge is 2.26. The van der Waals surface area contributed by atoms with Crippen LogP contribution >= 0.6 is 0 Å². The second kappa shape index (κ2) is 6.20. The highest BCUT2D eigenvalue weighted by Crippen LogP contribution is 2.21. The van der Waals surface area contributed by atoms with Gasteiger partial charge in [-0.1, -0.05) is 0 Å². The molecule has 3 N–H and O–H groups in total. The average molecular weight is 311 g/mol. The van der Waals surface area contributed by atoms with Gasteiger partial charge in [-0.05, 0) is 33.6 Å². The monoisotopic (exact) mass is 311 g/mol. The summed E-state index contributed by atoms with van der Waals surface area (Å²) < 4.78 is 5.12. The number of amides is 1. The van der Waals surface area contributed by atoms with Gasteiger partial charge in [-0.15, -0.1) is 5.10 Å². The number of anilines is 2. The van der Waals surface area contributed by atoms with Gasteiger partial charge >= 0.3 is 12.1 Å². The molecule has 122 valence electrons. The number of nitrogens with zero attached hydrogens (tertiary/aromatic N) is 3. The van der Waals surface area contributed by atoms with Crippen molar-refractivity contribution in [3.63, 3.8) is 0 Å². The second-order valence-corrected chi connectivity index (χ2v) is 6.21. The van der Waals surface area contributed by atoms with Crippen molar-refractivity contribution in [1.82, 2.24) is 15.2 Å². The molecule has 1 aliphatic rings. The van der Waals surface area contributed by atoms with E-state index in [0.29, 0.717) is 31.9 Å². The molecule has 0 aromatic carbocycles. The summed E-state index contributed by atoms with van der Waals surface area (Å²) in [5.41, 5.74) is -0.592. The van der Waals surface area contributed by atoms with Gasteiger partial charge in [-0.3, -0.25) is 10.1 Å². The lowest BCUT2D eigenvalue weighted by Gasteiger charge is -2.28. The summed E-state index contributed by atoms with van der Waals surface area (Å²) in [7, 11) is 0. The summed E-state index contributed by atoms with van der Waals surface area (Å²) in [5, 5.41) is 18.1. The smallest absolute Gasteiger partial charge is 0.414 e. The van der Waals surface area contributed by atoms with E-state index in [0.717, 1.165) is 0 Å². The third-order valence-corrected chi connectivity index (χ3v) is 3.22. The molecule has 1 amide bonds. The van der Waals surface area contributed by atoms with Gasteiger partial charge in [0.05, 0.1) is 5.92 Å². The largest absolute Gasteiger partial charge is 0.481 e. The number of hydrogen-bond acceptors (Lipinski definition) is 6. The van der Waals surface area contributed by atoms with Gasteiger partial charge in [0, 0.05) is 13.1 Å². The van der Waals surface area contributed by atoms with Crippen LogP contribution in [0, 0.1) is 5.92 Å². The molecule has 1 aromatic rings. The first-order valence-corrected chi connectivity index (χ1v) is 7.15. The molecule has 0 aliphatic carbocycles. The number of piperidine rings is 1. The van der Waals surface area contributed by atoms with Crippen LogP contribution in [-0.2, 0) is 9.53 Å². The fourth-order valence-corrected chi connectivity index (χ4v) is 2.18. The summed E-state index contributed by atoms with van der Waals surface area (Å²) in [6.07, 6.45) is 0.497. The van der Waals surface area contributed by atoms with Gasteiger partial charge < -0.3 is 14.7 Å². The van der Waals surface area contributed by atoms with Crippen LogP contribution in [-0.4, -0.2) is 51.0 Å². The predicted molar refractivity (Wildman–Crippen MR) is 78.8 cm³/mol. The lowest BCUT2D eigenvalue weighted by Crippen LogP contribution is -2.36. The number of aromatic nitrogens is 3. The molecule has 0 bridgehead atoms. The van der Waals surface area contributed by atoms with Crippen molar-refractivity contribution in [2.75, 3.05) is 23.3 Å². The molecule has 22 heavy (non-hydrogen) atoms. The molecular formula is C13H21N5O4. The van der Waals surface area contributed by atoms with E-state index in [4.69, 9.17) is 9.84 Å². The van der Waals surface area contributed by atoms with Crippen LogP contribution in [0.15, 0.2) is 0 Å². The summed E-state index contributed by atoms with van der Waals surface area (Å²) in [4.78, 5) is 28.6. The Balaban J connectivity index is 1.89. The molecule has 0 radical (unpaired) electrons. The maximum absolute atomic E-state index is 11.6. The van der Waals surface area contributed by atoms with Crippen molar-refractivity contribution in [3.8, 4) is 0 Å². The molecule has 0 atom stereocenters. The number of hydrogen-bond donors (Lipinski definition) is 3. The van der Waals surface area contributed by atoms with E-state index in [1.165, 1.54) is 0 Å². The number of carbonyl (C=O) groups excluding carboxylic acids is 1. The number of H-pyrrole nitrogens is 1. The first-order valence-electron chi connectivity index (χ1n) is 7.15. The Morgan fingerprint density at radius 1 is 1.36 bits per heavy atom. The van der Waals surface area contributed by atoms with E-state index in [2.05, 4.69) is 20.5 Å². The second-order valence-electron chi connectivity index (χ2n) is 6.21. The van der Waals surface area contributed by atoms with E-state index in [9.17, 15) is 9.59 Å². The fraction of sp³-hybridized carbons (Fsp3) is 0.692. The highest BCUT2D eigenvalue weighted by molar-refractivity contribution is 5.82. The summed E-state index contributed by atoms with van der Waals surface area (Å²) in [6.45, 7) is 6.45. The van der Waals surface area contributed by atoms with Crippen LogP contribution in [0.5, 0.6) is 0 Å². The van der Waals surface area contributed by atoms with Crippen molar-refractivity contribution < 1.29 is 19.4 Å². The van der Waals surface area contributed by atoms with E-state index in [-0.39, 0.29) is 11.9 Å². The Bertz CT molecular complexity index is 543. The maximum atomic E-state index is 11.6. The molecule has 1 aromatic heterocycles. The van der Waals surface area contributed by atoms with Gasteiger partial charge in [0.2, 0.25) is 11.9 Å². The van der Waals surface area contributed by atoms with Gasteiger partial charge in [-0.25, -0.2) is 9.89 Å². The minimum atomic E-state index is -0.762. The van der Waals surface area contributed by atoms with Crippen molar-refractivity contribution in [2.45, 2.75) is 39.2 Å². The third kappa shape index (κ3) is 4.34. The molecule has 0 saturated carbocycles. The number of carboxylic acids is 1. The number of nitrogens with one attached hydrogen (secondary N) is 2. The third-order valence-electron chi connectivity index (χ3n) is 3.22. The van der Waals surface area contributed by atoms with Gasteiger partial charge in [0.15, 0.2) is 0 Å². The topological polar surface area (TPSA) is 120 Å².